The molecule has 1 heterocycles. The van der Waals surface area contributed by atoms with E-state index in [4.69, 9.17) is 10.5 Å². The highest BCUT2D eigenvalue weighted by Gasteiger charge is 2.11. The molecule has 124 valence electrons. The highest BCUT2D eigenvalue weighted by atomic mass is 16.5. The number of hydrogen-bond donors (Lipinski definition) is 2. The van der Waals surface area contributed by atoms with Gasteiger partial charge >= 0.3 is 0 Å². The summed E-state index contributed by atoms with van der Waals surface area (Å²) in [6.07, 6.45) is 2.21. The van der Waals surface area contributed by atoms with Gasteiger partial charge in [-0.2, -0.15) is 0 Å². The van der Waals surface area contributed by atoms with Crippen molar-refractivity contribution in [3.63, 3.8) is 0 Å². The number of nitrogens with two attached hydrogens (primary N) is 1. The molecule has 0 aromatic heterocycles. The Balaban J connectivity index is 1.59. The van der Waals surface area contributed by atoms with Crippen molar-refractivity contribution in [1.29, 1.82) is 0 Å². The van der Waals surface area contributed by atoms with Gasteiger partial charge in [-0.15, -0.1) is 5.10 Å². The highest BCUT2D eigenvalue weighted by Crippen LogP contribution is 2.21. The van der Waals surface area contributed by atoms with E-state index in [1.165, 1.54) is 0 Å². The van der Waals surface area contributed by atoms with Crippen molar-refractivity contribution >= 4 is 11.9 Å². The number of hydrogen-bond acceptors (Lipinski definition) is 4. The summed E-state index contributed by atoms with van der Waals surface area (Å²) in [6.45, 7) is 1.75. The lowest BCUT2D eigenvalue weighted by atomic mass is 10.2. The van der Waals surface area contributed by atoms with Crippen LogP contribution in [0.4, 0.5) is 0 Å². The number of hydrazone groups is 1. The average Bonchev–Trinajstić information content (AvgIpc) is 3.09. The third kappa shape index (κ3) is 4.25. The minimum atomic E-state index is -0.290. The molecule has 3 N–H and O–H groups in total. The number of benzene rings is 2. The molecule has 6 nitrogen and oxygen atoms in total. The molecule has 0 saturated carbocycles. The summed E-state index contributed by atoms with van der Waals surface area (Å²) in [4.78, 5) is 12.2. The number of carbonyl (C=O) groups is 1. The van der Waals surface area contributed by atoms with Crippen molar-refractivity contribution in [3.05, 3.63) is 60.2 Å². The van der Waals surface area contributed by atoms with Crippen LogP contribution in [0, 0.1) is 0 Å². The number of rotatable bonds is 4. The molecule has 1 aliphatic rings. The van der Waals surface area contributed by atoms with Crippen LogP contribution in [0.1, 0.15) is 23.2 Å². The Hall–Kier alpha value is -3.02. The van der Waals surface area contributed by atoms with Crippen LogP contribution in [-0.4, -0.2) is 30.0 Å². The topological polar surface area (TPSA) is 80.0 Å². The van der Waals surface area contributed by atoms with Crippen molar-refractivity contribution in [1.82, 2.24) is 10.3 Å². The van der Waals surface area contributed by atoms with Crippen LogP contribution in [0.25, 0.3) is 0 Å². The summed E-state index contributed by atoms with van der Waals surface area (Å²) < 4.78 is 5.70. The molecule has 1 fully saturated rings. The molecular formula is C18H20N4O2. The van der Waals surface area contributed by atoms with Gasteiger partial charge in [0.15, 0.2) is 0 Å². The first-order valence-corrected chi connectivity index (χ1v) is 7.94. The van der Waals surface area contributed by atoms with Gasteiger partial charge in [-0.25, -0.2) is 0 Å². The number of guanidine groups is 1. The Bertz CT molecular complexity index is 708. The van der Waals surface area contributed by atoms with Gasteiger partial charge in [-0.05, 0) is 49.2 Å². The quantitative estimate of drug-likeness (QED) is 0.669. The number of nitrogens with zero attached hydrogens (tertiary/aromatic N) is 2. The first kappa shape index (κ1) is 15.9. The minimum absolute atomic E-state index is 0.117. The Kier molecular flexibility index (Phi) is 4.96. The van der Waals surface area contributed by atoms with Gasteiger partial charge in [0.1, 0.15) is 11.5 Å². The van der Waals surface area contributed by atoms with E-state index in [1.54, 1.807) is 24.3 Å². The SMILES string of the molecule is N/C(=N\N1CCCC1)NC(=O)c1ccc(Oc2ccccc2)cc1. The molecule has 2 aromatic carbocycles. The third-order valence-electron chi connectivity index (χ3n) is 3.67. The molecule has 0 bridgehead atoms. The van der Waals surface area contributed by atoms with E-state index in [2.05, 4.69) is 10.4 Å². The highest BCUT2D eigenvalue weighted by molar-refractivity contribution is 6.05. The summed E-state index contributed by atoms with van der Waals surface area (Å²) in [5.74, 6) is 1.24. The molecule has 0 unspecified atom stereocenters. The van der Waals surface area contributed by atoms with Crippen molar-refractivity contribution in [2.45, 2.75) is 12.8 Å². The average molecular weight is 324 g/mol. The van der Waals surface area contributed by atoms with Crippen LogP contribution >= 0.6 is 0 Å². The number of para-hydroxylation sites is 1. The van der Waals surface area contributed by atoms with Crippen LogP contribution in [0.3, 0.4) is 0 Å². The van der Waals surface area contributed by atoms with Gasteiger partial charge in [0, 0.05) is 18.7 Å². The predicted molar refractivity (Wildman–Crippen MR) is 92.9 cm³/mol. The van der Waals surface area contributed by atoms with Gasteiger partial charge in [0.05, 0.1) is 0 Å². The van der Waals surface area contributed by atoms with Gasteiger partial charge < -0.3 is 10.5 Å². The molecule has 3 rings (SSSR count). The Morgan fingerprint density at radius 1 is 1.00 bits per heavy atom. The summed E-state index contributed by atoms with van der Waals surface area (Å²) in [7, 11) is 0. The molecule has 0 spiro atoms. The van der Waals surface area contributed by atoms with Gasteiger partial charge in [-0.1, -0.05) is 18.2 Å². The Morgan fingerprint density at radius 3 is 2.29 bits per heavy atom. The first-order valence-electron chi connectivity index (χ1n) is 7.94. The number of nitrogens with one attached hydrogen (secondary N) is 1. The number of ether oxygens (including phenoxy) is 1. The molecule has 2 aromatic rings. The van der Waals surface area contributed by atoms with Crippen molar-refractivity contribution in [3.8, 4) is 11.5 Å². The molecule has 0 atom stereocenters. The lowest BCUT2D eigenvalue weighted by molar-refractivity contribution is 0.0976. The maximum absolute atomic E-state index is 12.2. The van der Waals surface area contributed by atoms with Crippen molar-refractivity contribution in [2.75, 3.05) is 13.1 Å². The van der Waals surface area contributed by atoms with E-state index in [-0.39, 0.29) is 11.9 Å². The summed E-state index contributed by atoms with van der Waals surface area (Å²) in [5.41, 5.74) is 6.27. The smallest absolute Gasteiger partial charge is 0.257 e. The first-order chi connectivity index (χ1) is 11.7. The lowest BCUT2D eigenvalue weighted by Gasteiger charge is -2.12. The zero-order chi connectivity index (χ0) is 16.8. The van der Waals surface area contributed by atoms with Crippen LogP contribution in [0.2, 0.25) is 0 Å². The van der Waals surface area contributed by atoms with Crippen molar-refractivity contribution in [2.24, 2.45) is 10.8 Å². The second kappa shape index (κ2) is 7.50. The van der Waals surface area contributed by atoms with Crippen LogP contribution in [0.5, 0.6) is 11.5 Å². The van der Waals surface area contributed by atoms with E-state index in [0.29, 0.717) is 11.3 Å². The van der Waals surface area contributed by atoms with Crippen LogP contribution in [0.15, 0.2) is 59.7 Å². The number of carbonyl (C=O) groups excluding carboxylic acids is 1. The lowest BCUT2D eigenvalue weighted by Crippen LogP contribution is -2.38. The molecule has 24 heavy (non-hydrogen) atoms. The van der Waals surface area contributed by atoms with E-state index in [0.717, 1.165) is 31.7 Å². The second-order valence-electron chi connectivity index (χ2n) is 5.54. The molecule has 1 saturated heterocycles. The Labute approximate surface area is 140 Å². The van der Waals surface area contributed by atoms with E-state index < -0.39 is 0 Å². The summed E-state index contributed by atoms with van der Waals surface area (Å²) in [6, 6.07) is 16.3. The van der Waals surface area contributed by atoms with Gasteiger partial charge in [0.2, 0.25) is 5.96 Å². The van der Waals surface area contributed by atoms with Gasteiger partial charge in [0.25, 0.3) is 5.91 Å². The standard InChI is InChI=1S/C18H20N4O2/c19-18(21-22-12-4-5-13-22)20-17(23)14-8-10-16(11-9-14)24-15-6-2-1-3-7-15/h1-3,6-11H,4-5,12-13H2,(H3,19,20,21,23). The van der Waals surface area contributed by atoms with Gasteiger partial charge in [-0.3, -0.25) is 15.1 Å². The fourth-order valence-electron chi connectivity index (χ4n) is 2.47. The van der Waals surface area contributed by atoms with E-state index in [9.17, 15) is 4.79 Å². The normalized spacial score (nSPS) is 14.5. The summed E-state index contributed by atoms with van der Waals surface area (Å²) in [5, 5.41) is 8.65. The second-order valence-corrected chi connectivity index (χ2v) is 5.54. The van der Waals surface area contributed by atoms with Crippen molar-refractivity contribution < 1.29 is 9.53 Å². The molecule has 1 aliphatic heterocycles. The molecule has 6 heteroatoms. The van der Waals surface area contributed by atoms with Crippen LogP contribution < -0.4 is 15.8 Å². The molecule has 0 radical (unpaired) electrons. The molecule has 1 amide bonds. The predicted octanol–water partition coefficient (Wildman–Crippen LogP) is 2.53. The maximum Gasteiger partial charge on any atom is 0.257 e. The van der Waals surface area contributed by atoms with E-state index >= 15 is 0 Å². The zero-order valence-electron chi connectivity index (χ0n) is 13.3. The largest absolute Gasteiger partial charge is 0.457 e. The molecule has 0 aliphatic carbocycles. The maximum atomic E-state index is 12.2. The van der Waals surface area contributed by atoms with Crippen LogP contribution in [-0.2, 0) is 0 Å². The minimum Gasteiger partial charge on any atom is -0.457 e. The fraction of sp³-hybridized carbons (Fsp3) is 0.222. The monoisotopic (exact) mass is 324 g/mol. The molecular weight excluding hydrogens is 304 g/mol. The Morgan fingerprint density at radius 2 is 1.62 bits per heavy atom. The number of amides is 1. The zero-order valence-corrected chi connectivity index (χ0v) is 13.3. The third-order valence-corrected chi connectivity index (χ3v) is 3.67. The summed E-state index contributed by atoms with van der Waals surface area (Å²) >= 11 is 0. The van der Waals surface area contributed by atoms with E-state index in [1.807, 2.05) is 35.3 Å². The fourth-order valence-corrected chi connectivity index (χ4v) is 2.47.